The van der Waals surface area contributed by atoms with E-state index in [2.05, 4.69) is 87.9 Å². The van der Waals surface area contributed by atoms with Gasteiger partial charge < -0.3 is 0 Å². The second kappa shape index (κ2) is 7.61. The maximum atomic E-state index is 4.68. The Bertz CT molecular complexity index is 1030. The second-order valence-corrected chi connectivity index (χ2v) is 7.69. The van der Waals surface area contributed by atoms with Crippen molar-refractivity contribution in [1.82, 2.24) is 15.1 Å². The number of aromatic nitrogens is 2. The van der Waals surface area contributed by atoms with Crippen molar-refractivity contribution in [1.29, 1.82) is 0 Å². The van der Waals surface area contributed by atoms with Gasteiger partial charge in [-0.1, -0.05) is 72.8 Å². The molecule has 5 rings (SSSR count). The number of benzene rings is 2. The Hall–Kier alpha value is -2.91. The molecule has 3 heteroatoms. The molecule has 0 amide bonds. The van der Waals surface area contributed by atoms with Crippen LogP contribution in [0.5, 0.6) is 0 Å². The normalized spacial score (nSPS) is 16.6. The fourth-order valence-electron chi connectivity index (χ4n) is 4.27. The van der Waals surface area contributed by atoms with E-state index in [9.17, 15) is 0 Å². The van der Waals surface area contributed by atoms with Crippen LogP contribution in [0.4, 0.5) is 0 Å². The SMILES string of the molecule is C1=C(/C=C/c2ccccc2)CCN(Cc2n[nH]c3c2CCc2ccccc2-3)C1. The molecule has 0 saturated carbocycles. The minimum absolute atomic E-state index is 0.931. The fraction of sp³-hybridized carbons (Fsp3) is 0.240. The molecule has 3 nitrogen and oxygen atoms in total. The summed E-state index contributed by atoms with van der Waals surface area (Å²) in [6.45, 7) is 3.01. The van der Waals surface area contributed by atoms with Crippen LogP contribution in [0.3, 0.4) is 0 Å². The maximum absolute atomic E-state index is 4.68. The lowest BCUT2D eigenvalue weighted by atomic mass is 9.89. The van der Waals surface area contributed by atoms with E-state index in [-0.39, 0.29) is 0 Å². The quantitative estimate of drug-likeness (QED) is 0.702. The van der Waals surface area contributed by atoms with Gasteiger partial charge in [0.25, 0.3) is 0 Å². The van der Waals surface area contributed by atoms with Crippen molar-refractivity contribution >= 4 is 6.08 Å². The maximum Gasteiger partial charge on any atom is 0.0801 e. The van der Waals surface area contributed by atoms with Crippen molar-refractivity contribution in [2.24, 2.45) is 0 Å². The number of nitrogens with one attached hydrogen (secondary N) is 1. The van der Waals surface area contributed by atoms with Crippen molar-refractivity contribution in [2.45, 2.75) is 25.8 Å². The summed E-state index contributed by atoms with van der Waals surface area (Å²) >= 11 is 0. The van der Waals surface area contributed by atoms with Crippen molar-refractivity contribution in [2.75, 3.05) is 13.1 Å². The Balaban J connectivity index is 1.26. The standard InChI is InChI=1S/C25H25N3/c1-2-6-19(7-3-1)10-11-20-14-16-28(17-15-20)18-24-23-13-12-21-8-4-5-9-22(21)25(23)27-26-24/h1-11,14H,12-13,15-18H2,(H,26,27)/b11-10+. The third-order valence-corrected chi connectivity index (χ3v) is 5.88. The Morgan fingerprint density at radius 2 is 1.79 bits per heavy atom. The zero-order valence-electron chi connectivity index (χ0n) is 16.1. The molecule has 2 aliphatic rings. The summed E-state index contributed by atoms with van der Waals surface area (Å²) in [5.74, 6) is 0. The first-order chi connectivity index (χ1) is 13.9. The number of aromatic amines is 1. The van der Waals surface area contributed by atoms with Crippen LogP contribution in [-0.2, 0) is 19.4 Å². The van der Waals surface area contributed by atoms with E-state index in [0.717, 1.165) is 38.9 Å². The smallest absolute Gasteiger partial charge is 0.0801 e. The Kier molecular flexibility index (Phi) is 4.67. The third kappa shape index (κ3) is 3.46. The molecule has 0 radical (unpaired) electrons. The molecule has 28 heavy (non-hydrogen) atoms. The molecule has 2 aromatic carbocycles. The number of nitrogens with zero attached hydrogens (tertiary/aromatic N) is 2. The van der Waals surface area contributed by atoms with Crippen LogP contribution in [-0.4, -0.2) is 28.2 Å². The summed E-state index contributed by atoms with van der Waals surface area (Å²) in [6.07, 6.45) is 10.1. The summed E-state index contributed by atoms with van der Waals surface area (Å²) in [7, 11) is 0. The van der Waals surface area contributed by atoms with Gasteiger partial charge in [0.15, 0.2) is 0 Å². The lowest BCUT2D eigenvalue weighted by Gasteiger charge is -2.25. The molecule has 1 aliphatic heterocycles. The van der Waals surface area contributed by atoms with E-state index in [1.165, 1.54) is 39.2 Å². The van der Waals surface area contributed by atoms with Gasteiger partial charge in [-0.2, -0.15) is 5.10 Å². The molecule has 3 aromatic rings. The van der Waals surface area contributed by atoms with Crippen LogP contribution in [0.25, 0.3) is 17.3 Å². The van der Waals surface area contributed by atoms with Gasteiger partial charge in [-0.25, -0.2) is 0 Å². The molecule has 1 aromatic heterocycles. The molecule has 1 N–H and O–H groups in total. The minimum atomic E-state index is 0.931. The van der Waals surface area contributed by atoms with Crippen LogP contribution in [0, 0.1) is 0 Å². The molecule has 0 saturated heterocycles. The largest absolute Gasteiger partial charge is 0.293 e. The van der Waals surface area contributed by atoms with Crippen molar-refractivity contribution < 1.29 is 0 Å². The summed E-state index contributed by atoms with van der Waals surface area (Å²) in [5.41, 5.74) is 9.32. The number of H-pyrrole nitrogens is 1. The van der Waals surface area contributed by atoms with Gasteiger partial charge in [0, 0.05) is 30.8 Å². The van der Waals surface area contributed by atoms with E-state index in [4.69, 9.17) is 0 Å². The highest BCUT2D eigenvalue weighted by Crippen LogP contribution is 2.33. The second-order valence-electron chi connectivity index (χ2n) is 7.69. The first kappa shape index (κ1) is 17.2. The summed E-state index contributed by atoms with van der Waals surface area (Å²) in [6, 6.07) is 19.2. The van der Waals surface area contributed by atoms with Crippen LogP contribution in [0.2, 0.25) is 0 Å². The number of hydrogen-bond acceptors (Lipinski definition) is 2. The number of rotatable bonds is 4. The van der Waals surface area contributed by atoms with E-state index >= 15 is 0 Å². The number of allylic oxidation sites excluding steroid dienone is 1. The zero-order chi connectivity index (χ0) is 18.8. The number of fused-ring (bicyclic) bond motifs is 3. The summed E-state index contributed by atoms with van der Waals surface area (Å²) < 4.78 is 0. The predicted octanol–water partition coefficient (Wildman–Crippen LogP) is 5.02. The average Bonchev–Trinajstić information content (AvgIpc) is 3.17. The highest BCUT2D eigenvalue weighted by atomic mass is 15.2. The zero-order valence-corrected chi connectivity index (χ0v) is 16.1. The molecule has 0 fully saturated rings. The Morgan fingerprint density at radius 3 is 2.64 bits per heavy atom. The average molecular weight is 367 g/mol. The third-order valence-electron chi connectivity index (χ3n) is 5.88. The molecule has 0 spiro atoms. The van der Waals surface area contributed by atoms with Crippen molar-refractivity contribution in [3.8, 4) is 11.3 Å². The van der Waals surface area contributed by atoms with Crippen molar-refractivity contribution in [3.05, 3.63) is 94.7 Å². The predicted molar refractivity (Wildman–Crippen MR) is 115 cm³/mol. The van der Waals surface area contributed by atoms with Gasteiger partial charge in [-0.3, -0.25) is 10.00 Å². The molecule has 140 valence electrons. The van der Waals surface area contributed by atoms with Gasteiger partial charge in [0.1, 0.15) is 0 Å². The monoisotopic (exact) mass is 367 g/mol. The van der Waals surface area contributed by atoms with Crippen LogP contribution >= 0.6 is 0 Å². The molecule has 0 atom stereocenters. The van der Waals surface area contributed by atoms with Crippen LogP contribution in [0.15, 0.2) is 72.3 Å². The molecular formula is C25H25N3. The highest BCUT2D eigenvalue weighted by Gasteiger charge is 2.23. The minimum Gasteiger partial charge on any atom is -0.293 e. The Morgan fingerprint density at radius 1 is 0.929 bits per heavy atom. The van der Waals surface area contributed by atoms with E-state index in [0.29, 0.717) is 0 Å². The van der Waals surface area contributed by atoms with Crippen LogP contribution in [0.1, 0.15) is 28.8 Å². The molecule has 0 bridgehead atoms. The van der Waals surface area contributed by atoms with Crippen molar-refractivity contribution in [3.63, 3.8) is 0 Å². The van der Waals surface area contributed by atoms with Gasteiger partial charge >= 0.3 is 0 Å². The topological polar surface area (TPSA) is 31.9 Å². The van der Waals surface area contributed by atoms with E-state index in [1.807, 2.05) is 0 Å². The summed E-state index contributed by atoms with van der Waals surface area (Å²) in [5, 5.41) is 8.00. The highest BCUT2D eigenvalue weighted by molar-refractivity contribution is 5.70. The van der Waals surface area contributed by atoms with Gasteiger partial charge in [0.05, 0.1) is 11.4 Å². The van der Waals surface area contributed by atoms with Gasteiger partial charge in [-0.15, -0.1) is 0 Å². The van der Waals surface area contributed by atoms with E-state index in [1.54, 1.807) is 0 Å². The first-order valence-corrected chi connectivity index (χ1v) is 10.2. The number of hydrogen-bond donors (Lipinski definition) is 1. The Labute approximate surface area is 166 Å². The lowest BCUT2D eigenvalue weighted by molar-refractivity contribution is 0.283. The number of aryl methyl sites for hydroxylation is 1. The molecule has 1 aliphatic carbocycles. The summed E-state index contributed by atoms with van der Waals surface area (Å²) in [4.78, 5) is 2.50. The molecule has 0 unspecified atom stereocenters. The first-order valence-electron chi connectivity index (χ1n) is 10.2. The van der Waals surface area contributed by atoms with Gasteiger partial charge in [0.2, 0.25) is 0 Å². The van der Waals surface area contributed by atoms with E-state index < -0.39 is 0 Å². The lowest BCUT2D eigenvalue weighted by Crippen LogP contribution is -2.28. The molecule has 2 heterocycles. The fourth-order valence-corrected chi connectivity index (χ4v) is 4.27. The van der Waals surface area contributed by atoms with Crippen LogP contribution < -0.4 is 0 Å². The molecular weight excluding hydrogens is 342 g/mol. The van der Waals surface area contributed by atoms with Gasteiger partial charge in [-0.05, 0) is 36.0 Å².